The number of likely N-dealkylation sites (N-methyl/N-ethyl adjacent to an activating group) is 1. The fourth-order valence-electron chi connectivity index (χ4n) is 5.54. The molecule has 1 N–H and O–H groups in total. The zero-order valence-corrected chi connectivity index (χ0v) is 36.1. The Bertz CT molecular complexity index is 1070. The molecular weight excluding hydrogens is 701 g/mol. The van der Waals surface area contributed by atoms with Crippen LogP contribution in [0, 0.1) is 0 Å². The van der Waals surface area contributed by atoms with Crippen molar-refractivity contribution in [2.24, 2.45) is 0 Å². The molecule has 2 atom stereocenters. The van der Waals surface area contributed by atoms with E-state index in [4.69, 9.17) is 18.5 Å². The minimum absolute atomic E-state index is 0.0252. The van der Waals surface area contributed by atoms with E-state index in [9.17, 15) is 19.0 Å². The van der Waals surface area contributed by atoms with Gasteiger partial charge in [-0.05, 0) is 57.8 Å². The van der Waals surface area contributed by atoms with Gasteiger partial charge in [0.05, 0.1) is 27.7 Å². The van der Waals surface area contributed by atoms with Crippen LogP contribution >= 0.6 is 7.82 Å². The topological polar surface area (TPSA) is 108 Å². The molecule has 0 aliphatic heterocycles. The van der Waals surface area contributed by atoms with Crippen LogP contribution in [-0.2, 0) is 32.7 Å². The van der Waals surface area contributed by atoms with Crippen molar-refractivity contribution in [3.8, 4) is 0 Å². The van der Waals surface area contributed by atoms with Crippen molar-refractivity contribution in [2.45, 2.75) is 174 Å². The molecule has 9 nitrogen and oxygen atoms in total. The van der Waals surface area contributed by atoms with Crippen LogP contribution in [0.5, 0.6) is 0 Å². The van der Waals surface area contributed by atoms with Gasteiger partial charge in [-0.1, -0.05) is 146 Å². The first-order chi connectivity index (χ1) is 26.0. The summed E-state index contributed by atoms with van der Waals surface area (Å²) in [5, 5.41) is 0. The van der Waals surface area contributed by atoms with E-state index in [0.29, 0.717) is 17.4 Å². The molecule has 0 amide bonds. The molecule has 0 aliphatic rings. The van der Waals surface area contributed by atoms with Gasteiger partial charge in [0.15, 0.2) is 6.10 Å². The molecule has 0 aromatic carbocycles. The number of hydrogen-bond donors (Lipinski definition) is 1. The summed E-state index contributed by atoms with van der Waals surface area (Å²) < 4.78 is 34.2. The van der Waals surface area contributed by atoms with Gasteiger partial charge in [0.25, 0.3) is 0 Å². The highest BCUT2D eigenvalue weighted by Crippen LogP contribution is 2.43. The number of nitrogens with zero attached hydrogens (tertiary/aromatic N) is 1. The second-order valence-corrected chi connectivity index (χ2v) is 16.9. The number of unbranched alkanes of at least 4 members (excludes halogenated alkanes) is 18. The summed E-state index contributed by atoms with van der Waals surface area (Å²) in [4.78, 5) is 35.3. The number of allylic oxidation sites excluding steroid dienone is 8. The number of carbonyl (C=O) groups is 2. The normalized spacial score (nSPS) is 14.1. The first-order valence-corrected chi connectivity index (χ1v) is 22.9. The molecular formula is C44H81NO8P+. The van der Waals surface area contributed by atoms with E-state index in [1.807, 2.05) is 39.4 Å². The monoisotopic (exact) mass is 783 g/mol. The van der Waals surface area contributed by atoms with Gasteiger partial charge in [0.2, 0.25) is 0 Å². The van der Waals surface area contributed by atoms with Gasteiger partial charge in [0.1, 0.15) is 19.8 Å². The number of carbonyl (C=O) groups excluding carboxylic acids is 2. The van der Waals surface area contributed by atoms with Crippen molar-refractivity contribution in [2.75, 3.05) is 47.5 Å². The van der Waals surface area contributed by atoms with Crippen LogP contribution in [0.3, 0.4) is 0 Å². The van der Waals surface area contributed by atoms with Crippen molar-refractivity contribution in [1.82, 2.24) is 0 Å². The minimum Gasteiger partial charge on any atom is -0.462 e. The van der Waals surface area contributed by atoms with Crippen LogP contribution in [0.25, 0.3) is 0 Å². The maximum Gasteiger partial charge on any atom is 0.472 e. The van der Waals surface area contributed by atoms with Crippen LogP contribution in [0.2, 0.25) is 0 Å². The van der Waals surface area contributed by atoms with Gasteiger partial charge in [-0.25, -0.2) is 4.57 Å². The number of rotatable bonds is 38. The molecule has 0 aromatic rings. The fraction of sp³-hybridized carbons (Fsp3) is 0.773. The molecule has 0 fully saturated rings. The van der Waals surface area contributed by atoms with E-state index in [1.54, 1.807) is 0 Å². The lowest BCUT2D eigenvalue weighted by molar-refractivity contribution is -0.870. The standard InChI is InChI=1S/C44H80NO8P/c1-6-8-10-12-14-16-18-20-21-22-23-25-26-28-30-32-34-36-43(46)50-40-42(41-52-54(48,49)51-39-38-45(3,4)5)53-44(47)37-35-33-31-29-27-24-19-17-15-13-11-9-7-2/h9,11,13,15,17,19-21,42H,6-8,10,12,14,16,18,22-41H2,1-5H3/p+1/b11-9+,15-13+,19-17+,21-20+. The molecule has 0 bridgehead atoms. The molecule has 54 heavy (non-hydrogen) atoms. The van der Waals surface area contributed by atoms with E-state index >= 15 is 0 Å². The molecule has 10 heteroatoms. The quantitative estimate of drug-likeness (QED) is 0.0165. The van der Waals surface area contributed by atoms with Crippen LogP contribution in [0.1, 0.15) is 168 Å². The SMILES string of the molecule is CC/C=C/C=C/C=C/CCCCCCCC(=O)OC(COC(=O)CCCCCCCCC/C=C/CCCCCCCC)COP(=O)(O)OCC[N+](C)(C)C. The number of phosphoric acid groups is 1. The highest BCUT2D eigenvalue weighted by molar-refractivity contribution is 7.47. The summed E-state index contributed by atoms with van der Waals surface area (Å²) in [5.41, 5.74) is 0. The van der Waals surface area contributed by atoms with E-state index in [0.717, 1.165) is 70.6 Å². The zero-order valence-electron chi connectivity index (χ0n) is 35.2. The highest BCUT2D eigenvalue weighted by atomic mass is 31.2. The second kappa shape index (κ2) is 36.6. The summed E-state index contributed by atoms with van der Waals surface area (Å²) in [5.74, 6) is -0.830. The van der Waals surface area contributed by atoms with Crippen LogP contribution in [0.4, 0.5) is 0 Å². The fourth-order valence-corrected chi connectivity index (χ4v) is 6.28. The maximum atomic E-state index is 12.6. The lowest BCUT2D eigenvalue weighted by Gasteiger charge is -2.24. The molecule has 0 aliphatic carbocycles. The van der Waals surface area contributed by atoms with Gasteiger partial charge < -0.3 is 18.9 Å². The summed E-state index contributed by atoms with van der Waals surface area (Å²) in [6, 6.07) is 0. The number of quaternary nitrogens is 1. The average Bonchev–Trinajstić information content (AvgIpc) is 3.12. The Morgan fingerprint density at radius 1 is 0.593 bits per heavy atom. The van der Waals surface area contributed by atoms with Gasteiger partial charge >= 0.3 is 19.8 Å². The Morgan fingerprint density at radius 3 is 1.61 bits per heavy atom. The third kappa shape index (κ3) is 39.7. The van der Waals surface area contributed by atoms with E-state index < -0.39 is 26.5 Å². The van der Waals surface area contributed by atoms with E-state index in [1.165, 1.54) is 64.2 Å². The molecule has 0 rings (SSSR count). The number of esters is 2. The predicted molar refractivity (Wildman–Crippen MR) is 224 cm³/mol. The summed E-state index contributed by atoms with van der Waals surface area (Å²) in [6.45, 7) is 4.24. The van der Waals surface area contributed by atoms with E-state index in [-0.39, 0.29) is 32.0 Å². The Labute approximate surface area is 331 Å². The van der Waals surface area contributed by atoms with Crippen molar-refractivity contribution < 1.29 is 42.1 Å². The van der Waals surface area contributed by atoms with Gasteiger partial charge in [-0.15, -0.1) is 0 Å². The summed E-state index contributed by atoms with van der Waals surface area (Å²) >= 11 is 0. The molecule has 2 unspecified atom stereocenters. The largest absolute Gasteiger partial charge is 0.472 e. The third-order valence-corrected chi connectivity index (χ3v) is 9.89. The molecule has 314 valence electrons. The molecule has 0 heterocycles. The second-order valence-electron chi connectivity index (χ2n) is 15.4. The van der Waals surface area contributed by atoms with Crippen molar-refractivity contribution >= 4 is 19.8 Å². The van der Waals surface area contributed by atoms with Crippen LogP contribution in [0.15, 0.2) is 48.6 Å². The summed E-state index contributed by atoms with van der Waals surface area (Å²) in [7, 11) is 1.45. The third-order valence-electron chi connectivity index (χ3n) is 8.90. The summed E-state index contributed by atoms with van der Waals surface area (Å²) in [6.07, 6.45) is 41.6. The zero-order chi connectivity index (χ0) is 40.0. The smallest absolute Gasteiger partial charge is 0.462 e. The number of hydrogen-bond acceptors (Lipinski definition) is 7. The number of phosphoric ester groups is 1. The number of ether oxygens (including phenoxy) is 2. The molecule has 0 aromatic heterocycles. The van der Waals surface area contributed by atoms with Gasteiger partial charge in [0, 0.05) is 12.8 Å². The minimum atomic E-state index is -4.38. The van der Waals surface area contributed by atoms with Crippen molar-refractivity contribution in [1.29, 1.82) is 0 Å². The van der Waals surface area contributed by atoms with Crippen LogP contribution < -0.4 is 0 Å². The average molecular weight is 783 g/mol. The van der Waals surface area contributed by atoms with Crippen LogP contribution in [-0.4, -0.2) is 74.9 Å². The Kier molecular flexibility index (Phi) is 35.2. The molecule has 0 saturated heterocycles. The van der Waals surface area contributed by atoms with Crippen molar-refractivity contribution in [3.05, 3.63) is 48.6 Å². The van der Waals surface area contributed by atoms with Crippen molar-refractivity contribution in [3.63, 3.8) is 0 Å². The van der Waals surface area contributed by atoms with Gasteiger partial charge in [-0.3, -0.25) is 18.6 Å². The maximum absolute atomic E-state index is 12.6. The molecule has 0 spiro atoms. The molecule has 0 saturated carbocycles. The Balaban J connectivity index is 4.38. The first kappa shape index (κ1) is 52.0. The van der Waals surface area contributed by atoms with Gasteiger partial charge in [-0.2, -0.15) is 0 Å². The van der Waals surface area contributed by atoms with E-state index in [2.05, 4.69) is 44.2 Å². The highest BCUT2D eigenvalue weighted by Gasteiger charge is 2.27. The first-order valence-electron chi connectivity index (χ1n) is 21.4. The lowest BCUT2D eigenvalue weighted by Crippen LogP contribution is -2.37. The predicted octanol–water partition coefficient (Wildman–Crippen LogP) is 11.9. The molecule has 0 radical (unpaired) electrons. The Morgan fingerprint density at radius 2 is 1.07 bits per heavy atom. The Hall–Kier alpha value is -2.03. The lowest BCUT2D eigenvalue weighted by atomic mass is 10.1.